The standard InChI is InChI=1S/C23H22N2S/c1-23(2)18-12-6-7-14-20(18)25(3)21(23)15-22(26)24-19-13-8-10-16-9-4-5-11-17(16)19/h4-15H,1-3H3,(H,24,26)/b21-15-. The number of nitrogens with one attached hydrogen (secondary N) is 1. The van der Waals surface area contributed by atoms with Crippen LogP contribution in [0, 0.1) is 0 Å². The Morgan fingerprint density at radius 1 is 0.962 bits per heavy atom. The number of thiocarbonyl (C=S) groups is 1. The van der Waals surface area contributed by atoms with Crippen LogP contribution in [0.5, 0.6) is 0 Å². The number of anilines is 2. The summed E-state index contributed by atoms with van der Waals surface area (Å²) >= 11 is 5.69. The Morgan fingerprint density at radius 3 is 2.46 bits per heavy atom. The molecule has 0 saturated carbocycles. The average molecular weight is 359 g/mol. The van der Waals surface area contributed by atoms with Crippen molar-refractivity contribution in [2.24, 2.45) is 0 Å². The van der Waals surface area contributed by atoms with Crippen molar-refractivity contribution in [2.45, 2.75) is 19.3 Å². The smallest absolute Gasteiger partial charge is 0.105 e. The van der Waals surface area contributed by atoms with E-state index in [9.17, 15) is 0 Å². The lowest BCUT2D eigenvalue weighted by Gasteiger charge is -2.24. The molecule has 1 aliphatic rings. The maximum Gasteiger partial charge on any atom is 0.105 e. The van der Waals surface area contributed by atoms with E-state index in [2.05, 4.69) is 104 Å². The van der Waals surface area contributed by atoms with Crippen molar-refractivity contribution in [1.82, 2.24) is 0 Å². The normalized spacial score (nSPS) is 16.7. The maximum atomic E-state index is 5.69. The number of rotatable bonds is 2. The summed E-state index contributed by atoms with van der Waals surface area (Å²) in [5, 5.41) is 5.81. The minimum absolute atomic E-state index is 0.0736. The molecule has 26 heavy (non-hydrogen) atoms. The molecule has 0 spiro atoms. The molecule has 3 heteroatoms. The number of hydrogen-bond acceptors (Lipinski definition) is 2. The Kier molecular flexibility index (Phi) is 4.04. The highest BCUT2D eigenvalue weighted by molar-refractivity contribution is 7.81. The third kappa shape index (κ3) is 2.69. The number of fused-ring (bicyclic) bond motifs is 2. The summed E-state index contributed by atoms with van der Waals surface area (Å²) in [5.74, 6) is 0. The van der Waals surface area contributed by atoms with E-state index in [1.54, 1.807) is 0 Å². The van der Waals surface area contributed by atoms with E-state index in [1.165, 1.54) is 27.7 Å². The zero-order chi connectivity index (χ0) is 18.3. The fourth-order valence-electron chi connectivity index (χ4n) is 3.89. The lowest BCUT2D eigenvalue weighted by Crippen LogP contribution is -2.24. The highest BCUT2D eigenvalue weighted by Crippen LogP contribution is 2.46. The number of nitrogens with zero attached hydrogens (tertiary/aromatic N) is 1. The summed E-state index contributed by atoms with van der Waals surface area (Å²) in [6.07, 6.45) is 2.09. The van der Waals surface area contributed by atoms with Crippen LogP contribution >= 0.6 is 12.2 Å². The van der Waals surface area contributed by atoms with Gasteiger partial charge in [-0.05, 0) is 29.2 Å². The van der Waals surface area contributed by atoms with Gasteiger partial charge in [-0.1, -0.05) is 80.7 Å². The fraction of sp³-hybridized carbons (Fsp3) is 0.174. The fourth-order valence-corrected chi connectivity index (χ4v) is 4.11. The summed E-state index contributed by atoms with van der Waals surface area (Å²) < 4.78 is 0. The Bertz CT molecular complexity index is 1030. The first-order valence-corrected chi connectivity index (χ1v) is 9.23. The van der Waals surface area contributed by atoms with Gasteiger partial charge in [0.1, 0.15) is 4.99 Å². The summed E-state index contributed by atoms with van der Waals surface area (Å²) in [5.41, 5.74) is 4.76. The van der Waals surface area contributed by atoms with Crippen molar-refractivity contribution >= 4 is 39.4 Å². The first-order valence-electron chi connectivity index (χ1n) is 8.82. The molecule has 130 valence electrons. The second-order valence-corrected chi connectivity index (χ2v) is 7.69. The minimum Gasteiger partial charge on any atom is -0.347 e. The minimum atomic E-state index is -0.0736. The van der Waals surface area contributed by atoms with E-state index in [1.807, 2.05) is 0 Å². The predicted octanol–water partition coefficient (Wildman–Crippen LogP) is 5.89. The van der Waals surface area contributed by atoms with Crippen LogP contribution < -0.4 is 10.2 Å². The molecule has 4 rings (SSSR count). The Labute approximate surface area is 160 Å². The van der Waals surface area contributed by atoms with E-state index in [0.717, 1.165) is 10.7 Å². The van der Waals surface area contributed by atoms with E-state index in [4.69, 9.17) is 12.2 Å². The maximum absolute atomic E-state index is 5.69. The van der Waals surface area contributed by atoms with Crippen LogP contribution in [0.2, 0.25) is 0 Å². The molecule has 0 fully saturated rings. The predicted molar refractivity (Wildman–Crippen MR) is 116 cm³/mol. The summed E-state index contributed by atoms with van der Waals surface area (Å²) in [4.78, 5) is 2.97. The highest BCUT2D eigenvalue weighted by Gasteiger charge is 2.38. The van der Waals surface area contributed by atoms with Gasteiger partial charge in [-0.2, -0.15) is 0 Å². The van der Waals surface area contributed by atoms with E-state index < -0.39 is 0 Å². The highest BCUT2D eigenvalue weighted by atomic mass is 32.1. The molecule has 0 unspecified atom stereocenters. The van der Waals surface area contributed by atoms with Gasteiger partial charge < -0.3 is 10.2 Å². The molecule has 0 bridgehead atoms. The molecule has 0 amide bonds. The van der Waals surface area contributed by atoms with Crippen LogP contribution in [0.4, 0.5) is 11.4 Å². The zero-order valence-electron chi connectivity index (χ0n) is 15.3. The first-order chi connectivity index (χ1) is 12.5. The van der Waals surface area contributed by atoms with Crippen LogP contribution in [0.1, 0.15) is 19.4 Å². The van der Waals surface area contributed by atoms with Crippen LogP contribution in [0.25, 0.3) is 10.8 Å². The van der Waals surface area contributed by atoms with Gasteiger partial charge in [0.05, 0.1) is 0 Å². The lowest BCUT2D eigenvalue weighted by molar-refractivity contribution is 0.641. The first kappa shape index (κ1) is 16.8. The van der Waals surface area contributed by atoms with Crippen molar-refractivity contribution in [3.8, 4) is 0 Å². The SMILES string of the molecule is CN1/C(=C\C(=S)Nc2cccc3ccccc23)C(C)(C)c2ccccc21. The molecule has 3 aromatic carbocycles. The Hall–Kier alpha value is -2.65. The summed E-state index contributed by atoms with van der Waals surface area (Å²) in [6.45, 7) is 4.50. The van der Waals surface area contributed by atoms with Gasteiger partial charge in [-0.25, -0.2) is 0 Å². The third-order valence-electron chi connectivity index (χ3n) is 5.26. The quantitative estimate of drug-likeness (QED) is 0.454. The molecule has 1 aliphatic heterocycles. The largest absolute Gasteiger partial charge is 0.347 e. The number of likely N-dealkylation sites (N-methyl/N-ethyl adjacent to an activating group) is 1. The van der Waals surface area contributed by atoms with Gasteiger partial charge >= 0.3 is 0 Å². The van der Waals surface area contributed by atoms with Crippen LogP contribution in [-0.4, -0.2) is 12.0 Å². The van der Waals surface area contributed by atoms with Crippen molar-refractivity contribution in [2.75, 3.05) is 17.3 Å². The second-order valence-electron chi connectivity index (χ2n) is 7.25. The second kappa shape index (κ2) is 6.26. The van der Waals surface area contributed by atoms with Crippen molar-refractivity contribution in [1.29, 1.82) is 0 Å². The van der Waals surface area contributed by atoms with E-state index in [-0.39, 0.29) is 5.41 Å². The number of hydrogen-bond donors (Lipinski definition) is 1. The van der Waals surface area contributed by atoms with Crippen LogP contribution in [-0.2, 0) is 5.41 Å². The Morgan fingerprint density at radius 2 is 1.65 bits per heavy atom. The van der Waals surface area contributed by atoms with Gasteiger partial charge in [-0.3, -0.25) is 0 Å². The van der Waals surface area contributed by atoms with Crippen molar-refractivity contribution < 1.29 is 0 Å². The molecule has 0 radical (unpaired) electrons. The van der Waals surface area contributed by atoms with Crippen LogP contribution in [0.15, 0.2) is 78.5 Å². The molecular weight excluding hydrogens is 336 g/mol. The van der Waals surface area contributed by atoms with E-state index in [0.29, 0.717) is 0 Å². The van der Waals surface area contributed by atoms with Crippen molar-refractivity contribution in [3.63, 3.8) is 0 Å². The number of para-hydroxylation sites is 1. The van der Waals surface area contributed by atoms with Gasteiger partial charge in [0.2, 0.25) is 0 Å². The molecule has 0 saturated heterocycles. The van der Waals surface area contributed by atoms with Crippen LogP contribution in [0.3, 0.4) is 0 Å². The third-order valence-corrected chi connectivity index (χ3v) is 5.48. The monoisotopic (exact) mass is 358 g/mol. The van der Waals surface area contributed by atoms with Gasteiger partial charge in [-0.15, -0.1) is 0 Å². The number of benzene rings is 3. The molecule has 0 atom stereocenters. The lowest BCUT2D eigenvalue weighted by atomic mass is 9.84. The number of allylic oxidation sites excluding steroid dienone is 1. The van der Waals surface area contributed by atoms with Gasteiger partial charge in [0, 0.05) is 34.9 Å². The Balaban J connectivity index is 1.68. The average Bonchev–Trinajstić information content (AvgIpc) is 2.83. The molecule has 0 aromatic heterocycles. The van der Waals surface area contributed by atoms with Crippen molar-refractivity contribution in [3.05, 3.63) is 84.1 Å². The van der Waals surface area contributed by atoms with Gasteiger partial charge in [0.25, 0.3) is 0 Å². The molecule has 3 aromatic rings. The molecule has 1 N–H and O–H groups in total. The summed E-state index contributed by atoms with van der Waals surface area (Å²) in [6, 6.07) is 23.2. The van der Waals surface area contributed by atoms with Gasteiger partial charge in [0.15, 0.2) is 0 Å². The van der Waals surface area contributed by atoms with E-state index >= 15 is 0 Å². The molecule has 0 aliphatic carbocycles. The molecule has 2 nitrogen and oxygen atoms in total. The molecular formula is C23H22N2S. The zero-order valence-corrected chi connectivity index (χ0v) is 16.1. The topological polar surface area (TPSA) is 15.3 Å². The molecule has 1 heterocycles. The summed E-state index contributed by atoms with van der Waals surface area (Å²) in [7, 11) is 2.11.